The molecule has 108 valence electrons. The van der Waals surface area contributed by atoms with Crippen molar-refractivity contribution in [2.45, 2.75) is 12.6 Å². The maximum atomic E-state index is 12.6. The van der Waals surface area contributed by atoms with Crippen molar-refractivity contribution < 1.29 is 22.8 Å². The van der Waals surface area contributed by atoms with Crippen LogP contribution in [0.25, 0.3) is 0 Å². The number of amides is 2. The average molecular weight is 307 g/mol. The van der Waals surface area contributed by atoms with Gasteiger partial charge in [0, 0.05) is 23.7 Å². The zero-order valence-corrected chi connectivity index (χ0v) is 10.8. The number of benzene rings is 1. The summed E-state index contributed by atoms with van der Waals surface area (Å²) < 4.78 is 37.8. The van der Waals surface area contributed by atoms with Gasteiger partial charge in [0.05, 0.1) is 11.5 Å². The molecular formula is C12H10ClF3N2O2. The molecule has 1 aromatic carbocycles. The van der Waals surface area contributed by atoms with Gasteiger partial charge in [-0.2, -0.15) is 13.2 Å². The SMILES string of the molecule is O=C1CC(C(=O)Nc2cc(Cl)cc(C(F)(F)F)c2)CN1. The summed E-state index contributed by atoms with van der Waals surface area (Å²) >= 11 is 5.60. The summed E-state index contributed by atoms with van der Waals surface area (Å²) in [6.45, 7) is 0.178. The zero-order chi connectivity index (χ0) is 14.9. The minimum Gasteiger partial charge on any atom is -0.355 e. The average Bonchev–Trinajstić information content (AvgIpc) is 2.74. The van der Waals surface area contributed by atoms with Crippen LogP contribution in [0.1, 0.15) is 12.0 Å². The topological polar surface area (TPSA) is 58.2 Å². The number of carbonyl (C=O) groups excluding carboxylic acids is 2. The largest absolute Gasteiger partial charge is 0.416 e. The molecule has 20 heavy (non-hydrogen) atoms. The molecule has 2 rings (SSSR count). The number of alkyl halides is 3. The Morgan fingerprint density at radius 2 is 2.05 bits per heavy atom. The molecule has 1 atom stereocenters. The van der Waals surface area contributed by atoms with E-state index in [2.05, 4.69) is 10.6 Å². The highest BCUT2D eigenvalue weighted by Gasteiger charge is 2.32. The van der Waals surface area contributed by atoms with Crippen molar-refractivity contribution in [3.63, 3.8) is 0 Å². The summed E-state index contributed by atoms with van der Waals surface area (Å²) in [7, 11) is 0. The van der Waals surface area contributed by atoms with Crippen LogP contribution in [-0.4, -0.2) is 18.4 Å². The van der Waals surface area contributed by atoms with Gasteiger partial charge in [-0.15, -0.1) is 0 Å². The first-order chi connectivity index (χ1) is 9.25. The van der Waals surface area contributed by atoms with Crippen molar-refractivity contribution in [2.75, 3.05) is 11.9 Å². The molecule has 0 aromatic heterocycles. The van der Waals surface area contributed by atoms with Crippen LogP contribution < -0.4 is 10.6 Å². The van der Waals surface area contributed by atoms with Crippen LogP contribution in [0.3, 0.4) is 0 Å². The molecule has 0 radical (unpaired) electrons. The summed E-state index contributed by atoms with van der Waals surface area (Å²) in [6.07, 6.45) is -4.52. The van der Waals surface area contributed by atoms with Gasteiger partial charge in [-0.3, -0.25) is 9.59 Å². The Balaban J connectivity index is 2.15. The lowest BCUT2D eigenvalue weighted by Gasteiger charge is -2.12. The van der Waals surface area contributed by atoms with E-state index in [1.54, 1.807) is 0 Å². The van der Waals surface area contributed by atoms with Crippen molar-refractivity contribution in [3.8, 4) is 0 Å². The monoisotopic (exact) mass is 306 g/mol. The Kier molecular flexibility index (Phi) is 3.89. The van der Waals surface area contributed by atoms with Gasteiger partial charge in [0.25, 0.3) is 0 Å². The van der Waals surface area contributed by atoms with Crippen molar-refractivity contribution >= 4 is 29.1 Å². The second-order valence-electron chi connectivity index (χ2n) is 4.42. The van der Waals surface area contributed by atoms with E-state index in [1.165, 1.54) is 6.07 Å². The highest BCUT2D eigenvalue weighted by Crippen LogP contribution is 2.33. The predicted molar refractivity (Wildman–Crippen MR) is 66.2 cm³/mol. The molecule has 1 aliphatic heterocycles. The molecule has 8 heteroatoms. The third-order valence-corrected chi connectivity index (χ3v) is 3.06. The molecule has 1 aromatic rings. The van der Waals surface area contributed by atoms with Crippen LogP contribution in [0.5, 0.6) is 0 Å². The van der Waals surface area contributed by atoms with E-state index in [0.717, 1.165) is 12.1 Å². The number of nitrogens with one attached hydrogen (secondary N) is 2. The highest BCUT2D eigenvalue weighted by atomic mass is 35.5. The smallest absolute Gasteiger partial charge is 0.355 e. The van der Waals surface area contributed by atoms with E-state index in [-0.39, 0.29) is 29.6 Å². The molecular weight excluding hydrogens is 297 g/mol. The molecule has 1 heterocycles. The fourth-order valence-corrected chi connectivity index (χ4v) is 2.10. The highest BCUT2D eigenvalue weighted by molar-refractivity contribution is 6.31. The van der Waals surface area contributed by atoms with Crippen LogP contribution in [0.2, 0.25) is 5.02 Å². The maximum absolute atomic E-state index is 12.6. The second kappa shape index (κ2) is 5.32. The number of rotatable bonds is 2. The van der Waals surface area contributed by atoms with Gasteiger partial charge in [0.15, 0.2) is 0 Å². The predicted octanol–water partition coefficient (Wildman–Crippen LogP) is 2.43. The molecule has 1 saturated heterocycles. The molecule has 0 spiro atoms. The fraction of sp³-hybridized carbons (Fsp3) is 0.333. The number of hydrogen-bond acceptors (Lipinski definition) is 2. The zero-order valence-electron chi connectivity index (χ0n) is 10.1. The van der Waals surface area contributed by atoms with Crippen LogP contribution in [0, 0.1) is 5.92 Å². The quantitative estimate of drug-likeness (QED) is 0.881. The van der Waals surface area contributed by atoms with Gasteiger partial charge in [0.2, 0.25) is 11.8 Å². The van der Waals surface area contributed by atoms with Gasteiger partial charge in [-0.25, -0.2) is 0 Å². The number of carbonyl (C=O) groups is 2. The summed E-state index contributed by atoms with van der Waals surface area (Å²) in [4.78, 5) is 22.8. The molecule has 1 fully saturated rings. The minimum atomic E-state index is -4.55. The van der Waals surface area contributed by atoms with Gasteiger partial charge >= 0.3 is 6.18 Å². The van der Waals surface area contributed by atoms with E-state index in [1.807, 2.05) is 0 Å². The number of hydrogen-bond donors (Lipinski definition) is 2. The lowest BCUT2D eigenvalue weighted by Crippen LogP contribution is -2.24. The summed E-state index contributed by atoms with van der Waals surface area (Å²) in [6, 6.07) is 2.80. The van der Waals surface area contributed by atoms with Crippen LogP contribution in [0.15, 0.2) is 18.2 Å². The first kappa shape index (κ1) is 14.6. The van der Waals surface area contributed by atoms with Crippen molar-refractivity contribution in [1.82, 2.24) is 5.32 Å². The number of halogens is 4. The molecule has 2 amide bonds. The van der Waals surface area contributed by atoms with Crippen molar-refractivity contribution in [3.05, 3.63) is 28.8 Å². The molecule has 0 bridgehead atoms. The Bertz CT molecular complexity index is 560. The Labute approximate surface area is 117 Å². The second-order valence-corrected chi connectivity index (χ2v) is 4.86. The summed E-state index contributed by atoms with van der Waals surface area (Å²) in [5, 5.41) is 4.69. The molecule has 0 aliphatic carbocycles. The van der Waals surface area contributed by atoms with Crippen LogP contribution in [-0.2, 0) is 15.8 Å². The van der Waals surface area contributed by atoms with E-state index >= 15 is 0 Å². The summed E-state index contributed by atoms with van der Waals surface area (Å²) in [5.41, 5.74) is -0.991. The molecule has 1 aliphatic rings. The Hall–Kier alpha value is -1.76. The summed E-state index contributed by atoms with van der Waals surface area (Å²) in [5.74, 6) is -1.36. The third-order valence-electron chi connectivity index (χ3n) is 2.84. The van der Waals surface area contributed by atoms with Gasteiger partial charge in [-0.05, 0) is 18.2 Å². The lowest BCUT2D eigenvalue weighted by atomic mass is 10.1. The van der Waals surface area contributed by atoms with E-state index in [0.29, 0.717) is 0 Å². The fourth-order valence-electron chi connectivity index (χ4n) is 1.86. The van der Waals surface area contributed by atoms with Gasteiger partial charge < -0.3 is 10.6 Å². The molecule has 1 unspecified atom stereocenters. The minimum absolute atomic E-state index is 0.0263. The van der Waals surface area contributed by atoms with E-state index < -0.39 is 23.6 Å². The van der Waals surface area contributed by atoms with Crippen molar-refractivity contribution in [2.24, 2.45) is 5.92 Å². The Morgan fingerprint density at radius 1 is 1.35 bits per heavy atom. The molecule has 2 N–H and O–H groups in total. The molecule has 0 saturated carbocycles. The van der Waals surface area contributed by atoms with Gasteiger partial charge in [0.1, 0.15) is 0 Å². The van der Waals surface area contributed by atoms with Crippen molar-refractivity contribution in [1.29, 1.82) is 0 Å². The van der Waals surface area contributed by atoms with E-state index in [4.69, 9.17) is 11.6 Å². The first-order valence-electron chi connectivity index (χ1n) is 5.71. The van der Waals surface area contributed by atoms with E-state index in [9.17, 15) is 22.8 Å². The number of anilines is 1. The van der Waals surface area contributed by atoms with Crippen LogP contribution >= 0.6 is 11.6 Å². The first-order valence-corrected chi connectivity index (χ1v) is 6.09. The standard InChI is InChI=1S/C12H10ClF3N2O2/c13-8-2-7(12(14,15)16)3-9(4-8)18-11(20)6-1-10(19)17-5-6/h2-4,6H,1,5H2,(H,17,19)(H,18,20). The van der Waals surface area contributed by atoms with Crippen LogP contribution in [0.4, 0.5) is 18.9 Å². The third kappa shape index (κ3) is 3.41. The normalized spacial score (nSPS) is 18.8. The Morgan fingerprint density at radius 3 is 2.60 bits per heavy atom. The lowest BCUT2D eigenvalue weighted by molar-refractivity contribution is -0.137. The van der Waals surface area contributed by atoms with Gasteiger partial charge in [-0.1, -0.05) is 11.6 Å². The molecule has 4 nitrogen and oxygen atoms in total. The maximum Gasteiger partial charge on any atom is 0.416 e.